The van der Waals surface area contributed by atoms with Gasteiger partial charge in [-0.1, -0.05) is 25.1 Å². The van der Waals surface area contributed by atoms with Gasteiger partial charge in [-0.05, 0) is 50.2 Å². The molecular formula is C18H27NO3. The Balaban J connectivity index is 1.71. The Labute approximate surface area is 133 Å². The lowest BCUT2D eigenvalue weighted by Gasteiger charge is -2.21. The van der Waals surface area contributed by atoms with Crippen molar-refractivity contribution >= 4 is 5.91 Å². The van der Waals surface area contributed by atoms with E-state index in [1.807, 2.05) is 18.2 Å². The molecule has 4 nitrogen and oxygen atoms in total. The van der Waals surface area contributed by atoms with E-state index in [0.717, 1.165) is 50.9 Å². The minimum atomic E-state index is -0.242. The van der Waals surface area contributed by atoms with E-state index in [1.165, 1.54) is 5.56 Å². The molecule has 0 aliphatic carbocycles. The molecule has 0 radical (unpaired) electrons. The summed E-state index contributed by atoms with van der Waals surface area (Å²) in [4.78, 5) is 12.0. The molecule has 1 saturated heterocycles. The quantitative estimate of drug-likeness (QED) is 0.751. The number of aryl methyl sites for hydroxylation is 1. The van der Waals surface area contributed by atoms with Gasteiger partial charge in [0.2, 0.25) is 5.91 Å². The number of hydrogen-bond acceptors (Lipinski definition) is 3. The maximum absolute atomic E-state index is 12.0. The largest absolute Gasteiger partial charge is 0.493 e. The minimum Gasteiger partial charge on any atom is -0.493 e. The summed E-state index contributed by atoms with van der Waals surface area (Å²) in [5.74, 6) is 1.00. The third-order valence-corrected chi connectivity index (χ3v) is 3.83. The fourth-order valence-corrected chi connectivity index (χ4v) is 2.61. The summed E-state index contributed by atoms with van der Waals surface area (Å²) in [5.41, 5.74) is 1.21. The van der Waals surface area contributed by atoms with Gasteiger partial charge >= 0.3 is 0 Å². The number of benzene rings is 1. The van der Waals surface area contributed by atoms with E-state index in [2.05, 4.69) is 18.3 Å². The van der Waals surface area contributed by atoms with Crippen LogP contribution in [-0.4, -0.2) is 31.8 Å². The summed E-state index contributed by atoms with van der Waals surface area (Å²) in [5, 5.41) is 2.98. The van der Waals surface area contributed by atoms with Crippen LogP contribution in [0.1, 0.15) is 44.6 Å². The third-order valence-electron chi connectivity index (χ3n) is 3.83. The molecule has 0 unspecified atom stereocenters. The van der Waals surface area contributed by atoms with E-state index < -0.39 is 0 Å². The van der Waals surface area contributed by atoms with Crippen molar-refractivity contribution in [2.45, 2.75) is 51.6 Å². The lowest BCUT2D eigenvalue weighted by atomic mass is 10.1. The van der Waals surface area contributed by atoms with Gasteiger partial charge in [-0.15, -0.1) is 0 Å². The van der Waals surface area contributed by atoms with Crippen molar-refractivity contribution in [1.29, 1.82) is 0 Å². The Morgan fingerprint density at radius 2 is 2.23 bits per heavy atom. The Bertz CT molecular complexity index is 455. The highest BCUT2D eigenvalue weighted by molar-refractivity contribution is 5.80. The van der Waals surface area contributed by atoms with Crippen LogP contribution >= 0.6 is 0 Å². The Hall–Kier alpha value is -1.55. The van der Waals surface area contributed by atoms with Crippen molar-refractivity contribution in [1.82, 2.24) is 5.32 Å². The van der Waals surface area contributed by atoms with Crippen molar-refractivity contribution in [3.05, 3.63) is 29.8 Å². The predicted octanol–water partition coefficient (Wildman–Crippen LogP) is 3.09. The van der Waals surface area contributed by atoms with Crippen molar-refractivity contribution in [2.75, 3.05) is 19.8 Å². The highest BCUT2D eigenvalue weighted by Gasteiger charge is 2.21. The van der Waals surface area contributed by atoms with E-state index in [1.54, 1.807) is 0 Å². The van der Waals surface area contributed by atoms with Crippen LogP contribution in [-0.2, 0) is 16.0 Å². The van der Waals surface area contributed by atoms with Crippen LogP contribution in [0.3, 0.4) is 0 Å². The van der Waals surface area contributed by atoms with Gasteiger partial charge in [-0.3, -0.25) is 4.79 Å². The molecule has 1 atom stereocenters. The maximum atomic E-state index is 12.0. The van der Waals surface area contributed by atoms with Crippen LogP contribution < -0.4 is 10.1 Å². The van der Waals surface area contributed by atoms with Crippen LogP contribution in [0.15, 0.2) is 24.3 Å². The van der Waals surface area contributed by atoms with Gasteiger partial charge in [0.25, 0.3) is 0 Å². The number of amides is 1. The van der Waals surface area contributed by atoms with E-state index in [9.17, 15) is 4.79 Å². The fourth-order valence-electron chi connectivity index (χ4n) is 2.61. The molecule has 1 fully saturated rings. The lowest BCUT2D eigenvalue weighted by Crippen LogP contribution is -2.38. The third kappa shape index (κ3) is 5.34. The lowest BCUT2D eigenvalue weighted by molar-refractivity contribution is -0.135. The molecule has 1 aromatic carbocycles. The molecule has 1 aromatic rings. The second-order valence-corrected chi connectivity index (χ2v) is 5.71. The standard InChI is InChI=1S/C18H27NO3/c1-2-13-21-16-10-4-3-8-15(16)9-7-12-19-18(20)17-11-5-6-14-22-17/h3-4,8,10,17H,2,5-7,9,11-14H2,1H3,(H,19,20)/t17-/m1/s1. The van der Waals surface area contributed by atoms with Crippen LogP contribution in [0.5, 0.6) is 5.75 Å². The Morgan fingerprint density at radius 1 is 1.36 bits per heavy atom. The van der Waals surface area contributed by atoms with Crippen LogP contribution in [0.4, 0.5) is 0 Å². The van der Waals surface area contributed by atoms with Crippen LogP contribution in [0.2, 0.25) is 0 Å². The number of hydrogen-bond donors (Lipinski definition) is 1. The molecule has 1 amide bonds. The van der Waals surface area contributed by atoms with Gasteiger partial charge in [0, 0.05) is 13.2 Å². The molecule has 1 aliphatic rings. The van der Waals surface area contributed by atoms with E-state index in [4.69, 9.17) is 9.47 Å². The average molecular weight is 305 g/mol. The molecule has 4 heteroatoms. The normalized spacial score (nSPS) is 18.0. The second-order valence-electron chi connectivity index (χ2n) is 5.71. The molecule has 1 aliphatic heterocycles. The Morgan fingerprint density at radius 3 is 3.00 bits per heavy atom. The number of carbonyl (C=O) groups is 1. The SMILES string of the molecule is CCCOc1ccccc1CCCNC(=O)[C@H]1CCCCO1. The van der Waals surface area contributed by atoms with Crippen molar-refractivity contribution in [3.63, 3.8) is 0 Å². The minimum absolute atomic E-state index is 0.0372. The van der Waals surface area contributed by atoms with Crippen molar-refractivity contribution in [3.8, 4) is 5.75 Å². The number of carbonyl (C=O) groups excluding carboxylic acids is 1. The summed E-state index contributed by atoms with van der Waals surface area (Å²) < 4.78 is 11.2. The predicted molar refractivity (Wildman–Crippen MR) is 87.1 cm³/mol. The molecular weight excluding hydrogens is 278 g/mol. The van der Waals surface area contributed by atoms with Gasteiger partial charge < -0.3 is 14.8 Å². The summed E-state index contributed by atoms with van der Waals surface area (Å²) in [7, 11) is 0. The number of nitrogens with one attached hydrogen (secondary N) is 1. The average Bonchev–Trinajstić information content (AvgIpc) is 2.58. The first kappa shape index (κ1) is 16.8. The first-order chi connectivity index (χ1) is 10.8. The monoisotopic (exact) mass is 305 g/mol. The van der Waals surface area contributed by atoms with E-state index in [-0.39, 0.29) is 12.0 Å². The van der Waals surface area contributed by atoms with Crippen molar-refractivity contribution in [2.24, 2.45) is 0 Å². The van der Waals surface area contributed by atoms with Gasteiger partial charge in [-0.25, -0.2) is 0 Å². The van der Waals surface area contributed by atoms with E-state index >= 15 is 0 Å². The second kappa shape index (κ2) is 9.46. The van der Waals surface area contributed by atoms with Gasteiger partial charge in [0.05, 0.1) is 6.61 Å². The zero-order valence-electron chi connectivity index (χ0n) is 13.5. The summed E-state index contributed by atoms with van der Waals surface area (Å²) in [6, 6.07) is 8.13. The Kier molecular flexibility index (Phi) is 7.23. The molecule has 22 heavy (non-hydrogen) atoms. The zero-order chi connectivity index (χ0) is 15.6. The number of para-hydroxylation sites is 1. The summed E-state index contributed by atoms with van der Waals surface area (Å²) >= 11 is 0. The number of ether oxygens (including phenoxy) is 2. The molecule has 0 bridgehead atoms. The van der Waals surface area contributed by atoms with Crippen LogP contribution in [0.25, 0.3) is 0 Å². The highest BCUT2D eigenvalue weighted by atomic mass is 16.5. The maximum Gasteiger partial charge on any atom is 0.249 e. The molecule has 1 heterocycles. The van der Waals surface area contributed by atoms with Gasteiger partial charge in [-0.2, -0.15) is 0 Å². The molecule has 2 rings (SSSR count). The number of rotatable bonds is 8. The van der Waals surface area contributed by atoms with E-state index in [0.29, 0.717) is 13.2 Å². The molecule has 0 aromatic heterocycles. The fraction of sp³-hybridized carbons (Fsp3) is 0.611. The highest BCUT2D eigenvalue weighted by Crippen LogP contribution is 2.19. The topological polar surface area (TPSA) is 47.6 Å². The first-order valence-corrected chi connectivity index (χ1v) is 8.41. The molecule has 1 N–H and O–H groups in total. The van der Waals surface area contributed by atoms with Crippen molar-refractivity contribution < 1.29 is 14.3 Å². The summed E-state index contributed by atoms with van der Waals surface area (Å²) in [6.07, 6.45) is 5.58. The molecule has 0 saturated carbocycles. The molecule has 122 valence electrons. The van der Waals surface area contributed by atoms with Crippen LogP contribution in [0, 0.1) is 0 Å². The van der Waals surface area contributed by atoms with Gasteiger partial charge in [0.15, 0.2) is 0 Å². The zero-order valence-corrected chi connectivity index (χ0v) is 13.5. The van der Waals surface area contributed by atoms with Gasteiger partial charge in [0.1, 0.15) is 11.9 Å². The smallest absolute Gasteiger partial charge is 0.249 e. The first-order valence-electron chi connectivity index (χ1n) is 8.41. The molecule has 0 spiro atoms. The summed E-state index contributed by atoms with van der Waals surface area (Å²) in [6.45, 7) is 4.24.